The van der Waals surface area contributed by atoms with Gasteiger partial charge in [0.15, 0.2) is 11.6 Å². The molecule has 1 aromatic carbocycles. The molecule has 172 valence electrons. The minimum atomic E-state index is -0.874. The maximum absolute atomic E-state index is 14.4. The van der Waals surface area contributed by atoms with E-state index in [1.165, 1.54) is 70.5 Å². The molecule has 2 saturated carbocycles. The van der Waals surface area contributed by atoms with E-state index in [2.05, 4.69) is 19.1 Å². The van der Waals surface area contributed by atoms with Crippen LogP contribution in [0.15, 0.2) is 36.6 Å². The number of benzene rings is 1. The van der Waals surface area contributed by atoms with Crippen molar-refractivity contribution in [2.75, 3.05) is 0 Å². The molecule has 0 radical (unpaired) electrons. The van der Waals surface area contributed by atoms with E-state index >= 15 is 0 Å². The van der Waals surface area contributed by atoms with Gasteiger partial charge in [-0.3, -0.25) is 0 Å². The number of hydrogen-bond donors (Lipinski definition) is 0. The van der Waals surface area contributed by atoms with E-state index in [4.69, 9.17) is 4.74 Å². The number of aryl methyl sites for hydroxylation is 1. The molecule has 0 aromatic heterocycles. The Morgan fingerprint density at radius 3 is 2.00 bits per heavy atom. The molecular weight excluding hydrogens is 390 g/mol. The van der Waals surface area contributed by atoms with Crippen LogP contribution < -0.4 is 4.74 Å². The fourth-order valence-corrected chi connectivity index (χ4v) is 5.75. The molecule has 2 aliphatic rings. The zero-order valence-corrected chi connectivity index (χ0v) is 19.4. The van der Waals surface area contributed by atoms with Crippen LogP contribution in [0.3, 0.4) is 0 Å². The normalized spacial score (nSPS) is 27.2. The first-order valence-electron chi connectivity index (χ1n) is 12.5. The zero-order valence-electron chi connectivity index (χ0n) is 19.4. The van der Waals surface area contributed by atoms with E-state index in [1.54, 1.807) is 25.1 Å². The topological polar surface area (TPSA) is 9.23 Å². The van der Waals surface area contributed by atoms with Crippen LogP contribution in [0.4, 0.5) is 8.78 Å². The van der Waals surface area contributed by atoms with Gasteiger partial charge in [-0.25, -0.2) is 4.39 Å². The average Bonchev–Trinajstić information content (AvgIpc) is 2.80. The van der Waals surface area contributed by atoms with E-state index in [9.17, 15) is 8.78 Å². The standard InChI is InChI=1S/C28H40F2O/c1-3-5-6-7-21-8-13-23(14-9-21)24-15-10-22(11-16-24)12-17-25-18-19-26(31-20-4-2)28(30)27(25)29/h3-5,18-24H,6-17H2,1-2H3/b5-3+,20-4+. The average molecular weight is 431 g/mol. The largest absolute Gasteiger partial charge is 0.462 e. The van der Waals surface area contributed by atoms with Crippen molar-refractivity contribution in [1.29, 1.82) is 0 Å². The molecule has 3 rings (SSSR count). The maximum atomic E-state index is 14.4. The van der Waals surface area contributed by atoms with Gasteiger partial charge in [-0.15, -0.1) is 0 Å². The molecule has 2 fully saturated rings. The first kappa shape index (κ1) is 24.0. The molecule has 3 heteroatoms. The van der Waals surface area contributed by atoms with Gasteiger partial charge in [-0.1, -0.05) is 50.0 Å². The highest BCUT2D eigenvalue weighted by molar-refractivity contribution is 5.31. The first-order valence-corrected chi connectivity index (χ1v) is 12.5. The number of halogens is 2. The second-order valence-electron chi connectivity index (χ2n) is 9.68. The molecule has 0 N–H and O–H groups in total. The Bertz CT molecular complexity index is 723. The van der Waals surface area contributed by atoms with Crippen LogP contribution in [0.25, 0.3) is 0 Å². The Morgan fingerprint density at radius 1 is 0.806 bits per heavy atom. The molecule has 0 heterocycles. The number of rotatable bonds is 9. The highest BCUT2D eigenvalue weighted by Gasteiger charge is 2.30. The Labute approximate surface area is 188 Å². The molecule has 0 spiro atoms. The molecule has 1 nitrogen and oxygen atoms in total. The molecular formula is C28H40F2O. The lowest BCUT2D eigenvalue weighted by Crippen LogP contribution is -2.26. The van der Waals surface area contributed by atoms with Gasteiger partial charge in [0.1, 0.15) is 0 Å². The molecule has 0 amide bonds. The quantitative estimate of drug-likeness (QED) is 0.281. The van der Waals surface area contributed by atoms with Crippen molar-refractivity contribution in [3.8, 4) is 5.75 Å². The molecule has 0 bridgehead atoms. The summed E-state index contributed by atoms with van der Waals surface area (Å²) in [4.78, 5) is 0. The van der Waals surface area contributed by atoms with Crippen LogP contribution in [-0.2, 0) is 6.42 Å². The van der Waals surface area contributed by atoms with Crippen molar-refractivity contribution in [1.82, 2.24) is 0 Å². The lowest BCUT2D eigenvalue weighted by molar-refractivity contribution is 0.141. The lowest BCUT2D eigenvalue weighted by atomic mass is 9.68. The highest BCUT2D eigenvalue weighted by Crippen LogP contribution is 2.43. The summed E-state index contributed by atoms with van der Waals surface area (Å²) in [7, 11) is 0. The van der Waals surface area contributed by atoms with E-state index < -0.39 is 11.6 Å². The van der Waals surface area contributed by atoms with E-state index in [0.717, 1.165) is 24.2 Å². The van der Waals surface area contributed by atoms with Crippen LogP contribution >= 0.6 is 0 Å². The summed E-state index contributed by atoms with van der Waals surface area (Å²) in [6.45, 7) is 3.88. The summed E-state index contributed by atoms with van der Waals surface area (Å²) < 4.78 is 33.7. The van der Waals surface area contributed by atoms with Gasteiger partial charge in [0.05, 0.1) is 6.26 Å². The lowest BCUT2D eigenvalue weighted by Gasteiger charge is -2.38. The van der Waals surface area contributed by atoms with E-state index in [1.807, 2.05) is 0 Å². The van der Waals surface area contributed by atoms with Gasteiger partial charge < -0.3 is 4.74 Å². The van der Waals surface area contributed by atoms with Crippen molar-refractivity contribution in [2.45, 2.75) is 90.9 Å². The van der Waals surface area contributed by atoms with Crippen LogP contribution in [0, 0.1) is 35.3 Å². The van der Waals surface area contributed by atoms with Gasteiger partial charge in [0.2, 0.25) is 5.82 Å². The summed E-state index contributed by atoms with van der Waals surface area (Å²) in [5.41, 5.74) is 0.476. The van der Waals surface area contributed by atoms with E-state index in [0.29, 0.717) is 17.9 Å². The summed E-state index contributed by atoms with van der Waals surface area (Å²) >= 11 is 0. The Kier molecular flexibility index (Phi) is 9.61. The summed E-state index contributed by atoms with van der Waals surface area (Å²) in [5.74, 6) is 1.74. The summed E-state index contributed by atoms with van der Waals surface area (Å²) in [6.07, 6.45) is 22.5. The molecule has 2 aliphatic carbocycles. The van der Waals surface area contributed by atoms with Crippen LogP contribution in [0.5, 0.6) is 5.75 Å². The van der Waals surface area contributed by atoms with Crippen LogP contribution in [-0.4, -0.2) is 0 Å². The third-order valence-corrected chi connectivity index (χ3v) is 7.71. The fraction of sp³-hybridized carbons (Fsp3) is 0.643. The molecule has 0 saturated heterocycles. The SMILES string of the molecule is C/C=C/CCC1CCC(C2CCC(CCc3ccc(O/C=C/C)c(F)c3F)CC2)CC1. The zero-order chi connectivity index (χ0) is 22.1. The van der Waals surface area contributed by atoms with Gasteiger partial charge in [0, 0.05) is 0 Å². The molecule has 0 aliphatic heterocycles. The van der Waals surface area contributed by atoms with E-state index in [-0.39, 0.29) is 5.75 Å². The van der Waals surface area contributed by atoms with Crippen LogP contribution in [0.2, 0.25) is 0 Å². The summed E-state index contributed by atoms with van der Waals surface area (Å²) in [5, 5.41) is 0. The molecule has 0 unspecified atom stereocenters. The van der Waals surface area contributed by atoms with Crippen molar-refractivity contribution < 1.29 is 13.5 Å². The monoisotopic (exact) mass is 430 g/mol. The van der Waals surface area contributed by atoms with Crippen molar-refractivity contribution >= 4 is 0 Å². The number of ether oxygens (including phenoxy) is 1. The first-order chi connectivity index (χ1) is 15.1. The van der Waals surface area contributed by atoms with Crippen molar-refractivity contribution in [3.63, 3.8) is 0 Å². The molecule has 0 atom stereocenters. The summed E-state index contributed by atoms with van der Waals surface area (Å²) in [6, 6.07) is 3.22. The molecule has 1 aromatic rings. The third-order valence-electron chi connectivity index (χ3n) is 7.71. The Hall–Kier alpha value is -1.64. The maximum Gasteiger partial charge on any atom is 0.201 e. The van der Waals surface area contributed by atoms with Crippen LogP contribution in [0.1, 0.15) is 90.0 Å². The predicted molar refractivity (Wildman–Crippen MR) is 125 cm³/mol. The predicted octanol–water partition coefficient (Wildman–Crippen LogP) is 8.78. The smallest absolute Gasteiger partial charge is 0.201 e. The fourth-order valence-electron chi connectivity index (χ4n) is 5.75. The van der Waals surface area contributed by atoms with Gasteiger partial charge in [-0.05, 0) is 101 Å². The van der Waals surface area contributed by atoms with Gasteiger partial charge in [-0.2, -0.15) is 4.39 Å². The van der Waals surface area contributed by atoms with Gasteiger partial charge >= 0.3 is 0 Å². The third kappa shape index (κ3) is 6.92. The van der Waals surface area contributed by atoms with Crippen molar-refractivity contribution in [3.05, 3.63) is 53.8 Å². The number of allylic oxidation sites excluding steroid dienone is 3. The molecule has 31 heavy (non-hydrogen) atoms. The number of hydrogen-bond acceptors (Lipinski definition) is 1. The second kappa shape index (κ2) is 12.4. The minimum absolute atomic E-state index is 0.0450. The van der Waals surface area contributed by atoms with Gasteiger partial charge in [0.25, 0.3) is 0 Å². The minimum Gasteiger partial charge on any atom is -0.462 e. The Morgan fingerprint density at radius 2 is 1.42 bits per heavy atom. The van der Waals surface area contributed by atoms with Crippen molar-refractivity contribution in [2.24, 2.45) is 23.7 Å². The Balaban J connectivity index is 1.39. The second-order valence-corrected chi connectivity index (χ2v) is 9.68. The highest BCUT2D eigenvalue weighted by atomic mass is 19.2.